The van der Waals surface area contributed by atoms with Crippen LogP contribution in [0, 0.1) is 0 Å². The van der Waals surface area contributed by atoms with Crippen molar-refractivity contribution < 1.29 is 0 Å². The minimum atomic E-state index is 0.466. The summed E-state index contributed by atoms with van der Waals surface area (Å²) in [4.78, 5) is 1.80. The predicted octanol–water partition coefficient (Wildman–Crippen LogP) is 3.88. The summed E-state index contributed by atoms with van der Waals surface area (Å²) in [5.74, 6) is 0. The quantitative estimate of drug-likeness (QED) is 0.718. The monoisotopic (exact) mass is 320 g/mol. The first-order valence-corrected chi connectivity index (χ1v) is 8.53. The maximum Gasteiger partial charge on any atom is 0.117 e. The Kier molecular flexibility index (Phi) is 5.39. The number of hydrogen-bond donors (Lipinski definition) is 1. The summed E-state index contributed by atoms with van der Waals surface area (Å²) < 4.78 is 0. The number of aromatic nitrogens is 3. The third-order valence-electron chi connectivity index (χ3n) is 4.17. The highest BCUT2D eigenvalue weighted by atomic mass is 15.5. The van der Waals surface area contributed by atoms with Gasteiger partial charge in [-0.2, -0.15) is 15.0 Å². The van der Waals surface area contributed by atoms with Crippen LogP contribution in [0.3, 0.4) is 0 Å². The fourth-order valence-corrected chi connectivity index (χ4v) is 2.55. The maximum atomic E-state index is 4.75. The van der Waals surface area contributed by atoms with E-state index in [-0.39, 0.29) is 0 Å². The number of hydrogen-bond acceptors (Lipinski definition) is 3. The summed E-state index contributed by atoms with van der Waals surface area (Å²) in [6.45, 7) is 5.79. The molecule has 3 rings (SSSR count). The Bertz CT molecular complexity index is 750. The molecule has 0 aliphatic rings. The largest absolute Gasteiger partial charge is 0.309 e. The second kappa shape index (κ2) is 7.88. The standard InChI is InChI=1S/C20H24N4/c1-3-16(2)21-14-19-20(18-12-8-5-9-13-18)23-24(22-19)15-17-10-6-4-7-11-17/h4-13,16,21H,3,14-15H2,1-2H3/t16-/m0/s1. The molecule has 1 atom stereocenters. The summed E-state index contributed by atoms with van der Waals surface area (Å²) in [5, 5.41) is 13.0. The van der Waals surface area contributed by atoms with Crippen LogP contribution in [-0.2, 0) is 13.1 Å². The molecule has 0 aliphatic heterocycles. The number of nitrogens with zero attached hydrogens (tertiary/aromatic N) is 3. The van der Waals surface area contributed by atoms with Crippen LogP contribution in [0.15, 0.2) is 60.7 Å². The van der Waals surface area contributed by atoms with Gasteiger partial charge in [0.2, 0.25) is 0 Å². The first-order valence-electron chi connectivity index (χ1n) is 8.53. The summed E-state index contributed by atoms with van der Waals surface area (Å²) in [6, 6.07) is 21.1. The lowest BCUT2D eigenvalue weighted by atomic mass is 10.1. The van der Waals surface area contributed by atoms with E-state index in [1.54, 1.807) is 4.80 Å². The van der Waals surface area contributed by atoms with Gasteiger partial charge in [0, 0.05) is 18.2 Å². The first-order chi connectivity index (χ1) is 11.8. The molecule has 24 heavy (non-hydrogen) atoms. The minimum absolute atomic E-state index is 0.466. The molecule has 0 saturated heterocycles. The average molecular weight is 320 g/mol. The van der Waals surface area contributed by atoms with E-state index < -0.39 is 0 Å². The van der Waals surface area contributed by atoms with Gasteiger partial charge in [0.05, 0.1) is 6.54 Å². The molecule has 0 spiro atoms. The van der Waals surface area contributed by atoms with Crippen LogP contribution >= 0.6 is 0 Å². The SMILES string of the molecule is CC[C@H](C)NCc1nn(Cc2ccccc2)nc1-c1ccccc1. The molecule has 0 bridgehead atoms. The summed E-state index contributed by atoms with van der Waals surface area (Å²) in [6.07, 6.45) is 1.10. The minimum Gasteiger partial charge on any atom is -0.309 e. The van der Waals surface area contributed by atoms with Gasteiger partial charge in [0.15, 0.2) is 0 Å². The van der Waals surface area contributed by atoms with E-state index in [0.717, 1.165) is 29.9 Å². The Morgan fingerprint density at radius 2 is 1.62 bits per heavy atom. The van der Waals surface area contributed by atoms with Crippen molar-refractivity contribution in [3.8, 4) is 11.3 Å². The van der Waals surface area contributed by atoms with Gasteiger partial charge in [-0.1, -0.05) is 67.6 Å². The van der Waals surface area contributed by atoms with Gasteiger partial charge in [-0.25, -0.2) is 0 Å². The van der Waals surface area contributed by atoms with E-state index in [1.165, 1.54) is 5.56 Å². The van der Waals surface area contributed by atoms with Crippen molar-refractivity contribution in [1.29, 1.82) is 0 Å². The molecule has 1 heterocycles. The zero-order valence-electron chi connectivity index (χ0n) is 14.3. The molecule has 0 unspecified atom stereocenters. The predicted molar refractivity (Wildman–Crippen MR) is 97.6 cm³/mol. The highest BCUT2D eigenvalue weighted by Crippen LogP contribution is 2.20. The van der Waals surface area contributed by atoms with Gasteiger partial charge in [0.25, 0.3) is 0 Å². The van der Waals surface area contributed by atoms with Crippen molar-refractivity contribution in [2.24, 2.45) is 0 Å². The van der Waals surface area contributed by atoms with Gasteiger partial charge >= 0.3 is 0 Å². The number of rotatable bonds is 7. The van der Waals surface area contributed by atoms with Crippen molar-refractivity contribution in [2.45, 2.75) is 39.4 Å². The van der Waals surface area contributed by atoms with Crippen molar-refractivity contribution in [3.05, 3.63) is 71.9 Å². The molecule has 124 valence electrons. The number of benzene rings is 2. The average Bonchev–Trinajstić information content (AvgIpc) is 3.04. The Morgan fingerprint density at radius 1 is 0.958 bits per heavy atom. The van der Waals surface area contributed by atoms with Crippen molar-refractivity contribution in [3.63, 3.8) is 0 Å². The molecule has 0 saturated carbocycles. The topological polar surface area (TPSA) is 42.7 Å². The van der Waals surface area contributed by atoms with Crippen LogP contribution in [0.1, 0.15) is 31.5 Å². The zero-order valence-corrected chi connectivity index (χ0v) is 14.3. The molecule has 0 radical (unpaired) electrons. The maximum absolute atomic E-state index is 4.75. The Hall–Kier alpha value is -2.46. The molecule has 4 heteroatoms. The summed E-state index contributed by atoms with van der Waals surface area (Å²) >= 11 is 0. The molecular weight excluding hydrogens is 296 g/mol. The molecule has 3 aromatic rings. The van der Waals surface area contributed by atoms with E-state index in [4.69, 9.17) is 10.2 Å². The van der Waals surface area contributed by atoms with Gasteiger partial charge in [-0.15, -0.1) is 0 Å². The van der Waals surface area contributed by atoms with Crippen LogP contribution in [0.2, 0.25) is 0 Å². The Labute approximate surface area is 143 Å². The summed E-state index contributed by atoms with van der Waals surface area (Å²) in [5.41, 5.74) is 4.27. The van der Waals surface area contributed by atoms with Gasteiger partial charge in [0.1, 0.15) is 11.4 Å². The van der Waals surface area contributed by atoms with Crippen molar-refractivity contribution >= 4 is 0 Å². The Morgan fingerprint density at radius 3 is 2.29 bits per heavy atom. The molecule has 0 amide bonds. The van der Waals surface area contributed by atoms with Crippen LogP contribution in [0.25, 0.3) is 11.3 Å². The van der Waals surface area contributed by atoms with Crippen molar-refractivity contribution in [1.82, 2.24) is 20.3 Å². The van der Waals surface area contributed by atoms with Crippen LogP contribution in [0.4, 0.5) is 0 Å². The third kappa shape index (κ3) is 4.09. The van der Waals surface area contributed by atoms with Crippen molar-refractivity contribution in [2.75, 3.05) is 0 Å². The van der Waals surface area contributed by atoms with Crippen LogP contribution in [0.5, 0.6) is 0 Å². The number of nitrogens with one attached hydrogen (secondary N) is 1. The smallest absolute Gasteiger partial charge is 0.117 e. The molecule has 2 aromatic carbocycles. The lowest BCUT2D eigenvalue weighted by molar-refractivity contribution is 0.520. The molecule has 4 nitrogen and oxygen atoms in total. The normalized spacial score (nSPS) is 12.2. The lowest BCUT2D eigenvalue weighted by Gasteiger charge is -2.10. The van der Waals surface area contributed by atoms with Crippen LogP contribution in [-0.4, -0.2) is 21.0 Å². The second-order valence-corrected chi connectivity index (χ2v) is 6.07. The molecule has 0 aliphatic carbocycles. The summed E-state index contributed by atoms with van der Waals surface area (Å²) in [7, 11) is 0. The van der Waals surface area contributed by atoms with Gasteiger partial charge in [-0.05, 0) is 18.9 Å². The highest BCUT2D eigenvalue weighted by molar-refractivity contribution is 5.60. The Balaban J connectivity index is 1.87. The fourth-order valence-electron chi connectivity index (χ4n) is 2.55. The van der Waals surface area contributed by atoms with Gasteiger partial charge < -0.3 is 5.32 Å². The van der Waals surface area contributed by atoms with E-state index >= 15 is 0 Å². The van der Waals surface area contributed by atoms with Crippen LogP contribution < -0.4 is 5.32 Å². The molecular formula is C20H24N4. The second-order valence-electron chi connectivity index (χ2n) is 6.07. The third-order valence-corrected chi connectivity index (χ3v) is 4.17. The van der Waals surface area contributed by atoms with Gasteiger partial charge in [-0.3, -0.25) is 0 Å². The lowest BCUT2D eigenvalue weighted by Crippen LogP contribution is -2.25. The van der Waals surface area contributed by atoms with E-state index in [2.05, 4.69) is 43.4 Å². The van der Waals surface area contributed by atoms with E-state index in [1.807, 2.05) is 36.4 Å². The molecule has 1 aromatic heterocycles. The first kappa shape index (κ1) is 16.4. The highest BCUT2D eigenvalue weighted by Gasteiger charge is 2.14. The van der Waals surface area contributed by atoms with E-state index in [0.29, 0.717) is 12.6 Å². The molecule has 1 N–H and O–H groups in total. The zero-order chi connectivity index (χ0) is 16.8. The van der Waals surface area contributed by atoms with E-state index in [9.17, 15) is 0 Å². The molecule has 0 fully saturated rings. The fraction of sp³-hybridized carbons (Fsp3) is 0.300.